The Kier molecular flexibility index (Phi) is 6.22. The van der Waals surface area contributed by atoms with Crippen molar-refractivity contribution >= 4 is 74.1 Å². The molecule has 224 valence electrons. The second-order valence-corrected chi connectivity index (χ2v) is 14.1. The monoisotopic (exact) mass is 647 g/mol. The van der Waals surface area contributed by atoms with E-state index in [9.17, 15) is 0 Å². The number of aromatic nitrogens is 3. The molecule has 0 spiro atoms. The third-order valence-corrected chi connectivity index (χ3v) is 11.6. The van der Waals surface area contributed by atoms with Crippen molar-refractivity contribution in [2.45, 2.75) is 0 Å². The first kappa shape index (κ1) is 27.4. The summed E-state index contributed by atoms with van der Waals surface area (Å²) in [6, 6.07) is 53.3. The number of benzene rings is 6. The molecule has 0 aliphatic carbocycles. The zero-order valence-corrected chi connectivity index (χ0v) is 27.2. The predicted molar refractivity (Wildman–Crippen MR) is 205 cm³/mol. The second kappa shape index (κ2) is 10.9. The zero-order valence-electron chi connectivity index (χ0n) is 25.6. The molecule has 0 N–H and O–H groups in total. The minimum atomic E-state index is 0.726. The van der Waals surface area contributed by atoms with Crippen LogP contribution in [0.1, 0.15) is 0 Å². The minimum absolute atomic E-state index is 0.726. The van der Waals surface area contributed by atoms with Crippen LogP contribution in [0.5, 0.6) is 0 Å². The van der Waals surface area contributed by atoms with Crippen molar-refractivity contribution in [1.82, 2.24) is 15.0 Å². The Morgan fingerprint density at radius 2 is 0.896 bits per heavy atom. The molecule has 0 atom stereocenters. The molecular weight excluding hydrogens is 623 g/mol. The third-order valence-electron chi connectivity index (χ3n) is 9.12. The lowest BCUT2D eigenvalue weighted by molar-refractivity contribution is 1.23. The summed E-state index contributed by atoms with van der Waals surface area (Å²) in [5.74, 6) is 0.726. The summed E-state index contributed by atoms with van der Waals surface area (Å²) >= 11 is 3.72. The maximum absolute atomic E-state index is 5.39. The largest absolute Gasteiger partial charge is 0.245 e. The van der Waals surface area contributed by atoms with Gasteiger partial charge in [-0.05, 0) is 29.3 Å². The molecule has 0 amide bonds. The molecular formula is C43H25N3S2. The van der Waals surface area contributed by atoms with E-state index in [-0.39, 0.29) is 0 Å². The van der Waals surface area contributed by atoms with Crippen LogP contribution in [-0.4, -0.2) is 15.0 Å². The Balaban J connectivity index is 1.05. The molecule has 0 radical (unpaired) electrons. The summed E-state index contributed by atoms with van der Waals surface area (Å²) in [6.07, 6.45) is 0. The molecule has 0 saturated heterocycles. The van der Waals surface area contributed by atoms with Crippen LogP contribution in [0.4, 0.5) is 0 Å². The van der Waals surface area contributed by atoms with Crippen LogP contribution in [0, 0.1) is 0 Å². The van der Waals surface area contributed by atoms with Gasteiger partial charge in [0.15, 0.2) is 5.82 Å². The quantitative estimate of drug-likeness (QED) is 0.191. The Hall–Kier alpha value is -5.75. The van der Waals surface area contributed by atoms with Crippen LogP contribution < -0.4 is 0 Å². The van der Waals surface area contributed by atoms with Gasteiger partial charge in [-0.3, -0.25) is 0 Å². The Labute approximate surface area is 284 Å². The number of nitrogens with zero attached hydrogens (tertiary/aromatic N) is 3. The number of fused-ring (bicyclic) bond motifs is 8. The molecule has 0 bridgehead atoms. The molecule has 0 unspecified atom stereocenters. The van der Waals surface area contributed by atoms with Crippen molar-refractivity contribution < 1.29 is 0 Å². The van der Waals surface area contributed by atoms with E-state index in [4.69, 9.17) is 15.0 Å². The average Bonchev–Trinajstić information content (AvgIpc) is 3.74. The Morgan fingerprint density at radius 1 is 0.354 bits per heavy atom. The molecule has 0 fully saturated rings. The molecule has 5 heteroatoms. The van der Waals surface area contributed by atoms with Gasteiger partial charge in [0.2, 0.25) is 0 Å². The second-order valence-electron chi connectivity index (χ2n) is 12.0. The van der Waals surface area contributed by atoms with E-state index < -0.39 is 0 Å². The SMILES string of the molecule is c1ccc(-c2nc(-c3ccc(-c4ccc(-c5nc6c7ccccc7sc6c6sc7ccccc7c56)cc4)cc3)nc3ccccc23)cc1. The van der Waals surface area contributed by atoms with Crippen molar-refractivity contribution in [3.05, 3.63) is 152 Å². The van der Waals surface area contributed by atoms with Crippen molar-refractivity contribution in [1.29, 1.82) is 0 Å². The van der Waals surface area contributed by atoms with Crippen LogP contribution in [-0.2, 0) is 0 Å². The lowest BCUT2D eigenvalue weighted by Crippen LogP contribution is -1.95. The highest BCUT2D eigenvalue weighted by atomic mass is 32.1. The van der Waals surface area contributed by atoms with E-state index in [2.05, 4.69) is 133 Å². The lowest BCUT2D eigenvalue weighted by atomic mass is 9.99. The average molecular weight is 648 g/mol. The summed E-state index contributed by atoms with van der Waals surface area (Å²) in [5.41, 5.74) is 9.53. The van der Waals surface area contributed by atoms with E-state index in [0.717, 1.165) is 61.4 Å². The van der Waals surface area contributed by atoms with E-state index in [1.165, 1.54) is 35.0 Å². The Morgan fingerprint density at radius 3 is 1.65 bits per heavy atom. The minimum Gasteiger partial charge on any atom is -0.245 e. The van der Waals surface area contributed by atoms with Gasteiger partial charge in [0.1, 0.15) is 0 Å². The van der Waals surface area contributed by atoms with Crippen molar-refractivity contribution in [2.24, 2.45) is 0 Å². The number of pyridine rings is 1. The third kappa shape index (κ3) is 4.36. The van der Waals surface area contributed by atoms with Gasteiger partial charge < -0.3 is 0 Å². The number of thiophene rings is 2. The molecule has 3 nitrogen and oxygen atoms in total. The standard InChI is InChI=1S/C43H25N3S2/c1-2-10-28(11-3-1)38-31-12-4-7-15-34(31)44-43(46-38)30-24-20-27(21-25-30)26-18-22-29(23-19-26)39-37-32-13-5-8-16-35(32)47-41(37)42-40(45-39)33-14-6-9-17-36(33)48-42/h1-25H. The topological polar surface area (TPSA) is 38.7 Å². The van der Waals surface area contributed by atoms with E-state index in [1.807, 2.05) is 40.9 Å². The van der Waals surface area contributed by atoms with Gasteiger partial charge in [-0.1, -0.05) is 133 Å². The van der Waals surface area contributed by atoms with Gasteiger partial charge in [-0.2, -0.15) is 0 Å². The lowest BCUT2D eigenvalue weighted by Gasteiger charge is -2.10. The van der Waals surface area contributed by atoms with Gasteiger partial charge in [0.25, 0.3) is 0 Å². The van der Waals surface area contributed by atoms with Crippen LogP contribution >= 0.6 is 22.7 Å². The first-order chi connectivity index (χ1) is 23.8. The summed E-state index contributed by atoms with van der Waals surface area (Å²) < 4.78 is 5.17. The predicted octanol–water partition coefficient (Wildman–Crippen LogP) is 12.4. The van der Waals surface area contributed by atoms with Crippen LogP contribution in [0.3, 0.4) is 0 Å². The van der Waals surface area contributed by atoms with E-state index in [0.29, 0.717) is 0 Å². The summed E-state index contributed by atoms with van der Waals surface area (Å²) in [6.45, 7) is 0. The van der Waals surface area contributed by atoms with Gasteiger partial charge in [0, 0.05) is 47.6 Å². The smallest absolute Gasteiger partial charge is 0.160 e. The molecule has 6 aromatic carbocycles. The molecule has 10 aromatic rings. The molecule has 4 heterocycles. The van der Waals surface area contributed by atoms with Crippen LogP contribution in [0.2, 0.25) is 0 Å². The molecule has 0 aliphatic rings. The molecule has 4 aromatic heterocycles. The van der Waals surface area contributed by atoms with Crippen molar-refractivity contribution in [2.75, 3.05) is 0 Å². The maximum Gasteiger partial charge on any atom is 0.160 e. The van der Waals surface area contributed by atoms with Gasteiger partial charge in [-0.15, -0.1) is 22.7 Å². The number of rotatable bonds is 4. The highest BCUT2D eigenvalue weighted by Crippen LogP contribution is 2.47. The number of para-hydroxylation sites is 1. The normalized spacial score (nSPS) is 11.8. The fourth-order valence-electron chi connectivity index (χ4n) is 6.77. The number of hydrogen-bond acceptors (Lipinski definition) is 5. The first-order valence-corrected chi connectivity index (χ1v) is 17.6. The molecule has 48 heavy (non-hydrogen) atoms. The molecule has 0 aliphatic heterocycles. The summed E-state index contributed by atoms with van der Waals surface area (Å²) in [7, 11) is 0. The summed E-state index contributed by atoms with van der Waals surface area (Å²) in [5, 5.41) is 4.79. The molecule has 0 saturated carbocycles. The van der Waals surface area contributed by atoms with Crippen molar-refractivity contribution in [3.8, 4) is 45.0 Å². The van der Waals surface area contributed by atoms with Crippen LogP contribution in [0.25, 0.3) is 96.4 Å². The first-order valence-electron chi connectivity index (χ1n) is 15.9. The van der Waals surface area contributed by atoms with Gasteiger partial charge in [0.05, 0.1) is 31.8 Å². The van der Waals surface area contributed by atoms with Crippen molar-refractivity contribution in [3.63, 3.8) is 0 Å². The fourth-order valence-corrected chi connectivity index (χ4v) is 9.25. The highest BCUT2D eigenvalue weighted by Gasteiger charge is 2.19. The van der Waals surface area contributed by atoms with Gasteiger partial charge >= 0.3 is 0 Å². The van der Waals surface area contributed by atoms with E-state index in [1.54, 1.807) is 0 Å². The highest BCUT2D eigenvalue weighted by molar-refractivity contribution is 7.33. The fraction of sp³-hybridized carbons (Fsp3) is 0. The van der Waals surface area contributed by atoms with E-state index >= 15 is 0 Å². The summed E-state index contributed by atoms with van der Waals surface area (Å²) in [4.78, 5) is 15.4. The maximum atomic E-state index is 5.39. The number of hydrogen-bond donors (Lipinski definition) is 0. The van der Waals surface area contributed by atoms with Gasteiger partial charge in [-0.25, -0.2) is 15.0 Å². The Bertz CT molecular complexity index is 2820. The molecule has 10 rings (SSSR count). The zero-order chi connectivity index (χ0) is 31.6. The van der Waals surface area contributed by atoms with Crippen LogP contribution in [0.15, 0.2) is 152 Å².